The normalized spacial score (nSPS) is 12.4. The second kappa shape index (κ2) is 7.01. The maximum Gasteiger partial charge on any atom is 0.306 e. The Labute approximate surface area is 102 Å². The van der Waals surface area contributed by atoms with Crippen molar-refractivity contribution < 1.29 is 9.90 Å². The fraction of sp³-hybridized carbons (Fsp3) is 0.538. The summed E-state index contributed by atoms with van der Waals surface area (Å²) in [6, 6.07) is 3.82. The molecule has 4 nitrogen and oxygen atoms in total. The van der Waals surface area contributed by atoms with Crippen LogP contribution in [-0.2, 0) is 11.2 Å². The number of carboxylic acids is 1. The number of aliphatic carboxylic acids is 1. The van der Waals surface area contributed by atoms with Crippen LogP contribution in [0.4, 0.5) is 0 Å². The van der Waals surface area contributed by atoms with Gasteiger partial charge in [0.25, 0.3) is 0 Å². The lowest BCUT2D eigenvalue weighted by Crippen LogP contribution is -2.18. The molecule has 17 heavy (non-hydrogen) atoms. The Morgan fingerprint density at radius 2 is 2.29 bits per heavy atom. The SMILES string of the molecule is Cc1cccnc1CC(CCCCN)C(=O)O. The van der Waals surface area contributed by atoms with E-state index in [1.165, 1.54) is 0 Å². The van der Waals surface area contributed by atoms with Gasteiger partial charge in [-0.25, -0.2) is 0 Å². The first-order valence-corrected chi connectivity index (χ1v) is 5.98. The van der Waals surface area contributed by atoms with Crippen molar-refractivity contribution in [1.29, 1.82) is 0 Å². The number of nitrogens with two attached hydrogens (primary N) is 1. The first kappa shape index (κ1) is 13.6. The van der Waals surface area contributed by atoms with Crippen LogP contribution in [0, 0.1) is 12.8 Å². The lowest BCUT2D eigenvalue weighted by Gasteiger charge is -2.12. The largest absolute Gasteiger partial charge is 0.481 e. The maximum atomic E-state index is 11.2. The summed E-state index contributed by atoms with van der Waals surface area (Å²) < 4.78 is 0. The van der Waals surface area contributed by atoms with E-state index in [1.54, 1.807) is 6.20 Å². The molecule has 0 aromatic carbocycles. The highest BCUT2D eigenvalue weighted by Crippen LogP contribution is 2.16. The van der Waals surface area contributed by atoms with Gasteiger partial charge in [0.2, 0.25) is 0 Å². The number of carbonyl (C=O) groups is 1. The number of hydrogen-bond donors (Lipinski definition) is 2. The minimum Gasteiger partial charge on any atom is -0.481 e. The van der Waals surface area contributed by atoms with Crippen LogP contribution in [-0.4, -0.2) is 22.6 Å². The zero-order valence-electron chi connectivity index (χ0n) is 10.2. The Morgan fingerprint density at radius 1 is 1.53 bits per heavy atom. The molecule has 1 aromatic heterocycles. The van der Waals surface area contributed by atoms with Crippen molar-refractivity contribution in [3.05, 3.63) is 29.6 Å². The molecule has 1 atom stereocenters. The van der Waals surface area contributed by atoms with Gasteiger partial charge in [0.1, 0.15) is 0 Å². The van der Waals surface area contributed by atoms with E-state index in [0.717, 1.165) is 24.1 Å². The number of aromatic nitrogens is 1. The molecular weight excluding hydrogens is 216 g/mol. The maximum absolute atomic E-state index is 11.2. The summed E-state index contributed by atoms with van der Waals surface area (Å²) in [6.45, 7) is 2.58. The second-order valence-corrected chi connectivity index (χ2v) is 4.29. The van der Waals surface area contributed by atoms with E-state index in [4.69, 9.17) is 10.8 Å². The molecule has 0 radical (unpaired) electrons. The van der Waals surface area contributed by atoms with Gasteiger partial charge in [-0.1, -0.05) is 12.5 Å². The zero-order valence-corrected chi connectivity index (χ0v) is 10.2. The fourth-order valence-corrected chi connectivity index (χ4v) is 1.81. The molecule has 0 aliphatic rings. The Kier molecular flexibility index (Phi) is 5.63. The summed E-state index contributed by atoms with van der Waals surface area (Å²) in [7, 11) is 0. The van der Waals surface area contributed by atoms with Crippen LogP contribution in [0.25, 0.3) is 0 Å². The van der Waals surface area contributed by atoms with Gasteiger partial charge >= 0.3 is 5.97 Å². The van der Waals surface area contributed by atoms with Crippen molar-refractivity contribution in [2.24, 2.45) is 11.7 Å². The van der Waals surface area contributed by atoms with Crippen LogP contribution in [0.3, 0.4) is 0 Å². The van der Waals surface area contributed by atoms with Crippen molar-refractivity contribution in [1.82, 2.24) is 4.98 Å². The molecule has 94 valence electrons. The zero-order chi connectivity index (χ0) is 12.7. The van der Waals surface area contributed by atoms with Gasteiger partial charge in [-0.3, -0.25) is 9.78 Å². The molecule has 4 heteroatoms. The summed E-state index contributed by atoms with van der Waals surface area (Å²) in [5, 5.41) is 9.17. The van der Waals surface area contributed by atoms with Crippen molar-refractivity contribution in [3.63, 3.8) is 0 Å². The first-order valence-electron chi connectivity index (χ1n) is 5.98. The topological polar surface area (TPSA) is 76.2 Å². The highest BCUT2D eigenvalue weighted by molar-refractivity contribution is 5.70. The van der Waals surface area contributed by atoms with Gasteiger partial charge < -0.3 is 10.8 Å². The van der Waals surface area contributed by atoms with Crippen molar-refractivity contribution >= 4 is 5.97 Å². The molecule has 0 bridgehead atoms. The Balaban J connectivity index is 2.61. The average Bonchev–Trinajstić information content (AvgIpc) is 2.30. The summed E-state index contributed by atoms with van der Waals surface area (Å²) in [5.74, 6) is -1.10. The predicted molar refractivity (Wildman–Crippen MR) is 66.7 cm³/mol. The molecule has 1 aromatic rings. The molecule has 1 heterocycles. The van der Waals surface area contributed by atoms with Gasteiger partial charge in [-0.2, -0.15) is 0 Å². The summed E-state index contributed by atoms with van der Waals surface area (Å²) >= 11 is 0. The van der Waals surface area contributed by atoms with E-state index in [0.29, 0.717) is 19.4 Å². The number of unbranched alkanes of at least 4 members (excludes halogenated alkanes) is 1. The van der Waals surface area contributed by atoms with Gasteiger partial charge in [0, 0.05) is 18.3 Å². The summed E-state index contributed by atoms with van der Waals surface area (Å²) in [4.78, 5) is 15.4. The molecule has 1 unspecified atom stereocenters. The number of pyridine rings is 1. The molecule has 0 aliphatic heterocycles. The minimum absolute atomic E-state index is 0.352. The molecule has 0 saturated carbocycles. The van der Waals surface area contributed by atoms with E-state index in [2.05, 4.69) is 4.98 Å². The molecule has 0 spiro atoms. The van der Waals surface area contributed by atoms with Crippen molar-refractivity contribution in [3.8, 4) is 0 Å². The predicted octanol–water partition coefficient (Wildman–Crippen LogP) is 1.76. The second-order valence-electron chi connectivity index (χ2n) is 4.29. The van der Waals surface area contributed by atoms with Crippen LogP contribution in [0.5, 0.6) is 0 Å². The number of rotatable bonds is 7. The average molecular weight is 236 g/mol. The van der Waals surface area contributed by atoms with E-state index < -0.39 is 5.97 Å². The standard InChI is InChI=1S/C13H20N2O2/c1-10-5-4-8-15-12(10)9-11(13(16)17)6-2-3-7-14/h4-5,8,11H,2-3,6-7,9,14H2,1H3,(H,16,17). The molecular formula is C13H20N2O2. The Hall–Kier alpha value is -1.42. The first-order chi connectivity index (χ1) is 8.15. The lowest BCUT2D eigenvalue weighted by atomic mass is 9.95. The lowest BCUT2D eigenvalue weighted by molar-refractivity contribution is -0.142. The quantitative estimate of drug-likeness (QED) is 0.707. The molecule has 0 fully saturated rings. The van der Waals surface area contributed by atoms with E-state index in [1.807, 2.05) is 19.1 Å². The van der Waals surface area contributed by atoms with Crippen molar-refractivity contribution in [2.75, 3.05) is 6.54 Å². The Bertz CT molecular complexity index is 366. The highest BCUT2D eigenvalue weighted by atomic mass is 16.4. The van der Waals surface area contributed by atoms with Crippen LogP contribution in [0.2, 0.25) is 0 Å². The third-order valence-corrected chi connectivity index (χ3v) is 2.91. The fourth-order valence-electron chi connectivity index (χ4n) is 1.81. The number of nitrogens with zero attached hydrogens (tertiary/aromatic N) is 1. The van der Waals surface area contributed by atoms with E-state index in [9.17, 15) is 4.79 Å². The third kappa shape index (κ3) is 4.53. The highest BCUT2D eigenvalue weighted by Gasteiger charge is 2.18. The van der Waals surface area contributed by atoms with E-state index >= 15 is 0 Å². The number of carboxylic acid groups (broad SMARTS) is 1. The Morgan fingerprint density at radius 3 is 2.88 bits per heavy atom. The molecule has 0 saturated heterocycles. The van der Waals surface area contributed by atoms with Crippen molar-refractivity contribution in [2.45, 2.75) is 32.6 Å². The van der Waals surface area contributed by atoms with Gasteiger partial charge in [-0.15, -0.1) is 0 Å². The smallest absolute Gasteiger partial charge is 0.306 e. The number of aryl methyl sites for hydroxylation is 1. The van der Waals surface area contributed by atoms with Crippen LogP contribution in [0.1, 0.15) is 30.5 Å². The monoisotopic (exact) mass is 236 g/mol. The molecule has 3 N–H and O–H groups in total. The summed E-state index contributed by atoms with van der Waals surface area (Å²) in [6.07, 6.45) is 4.63. The number of hydrogen-bond acceptors (Lipinski definition) is 3. The van der Waals surface area contributed by atoms with Gasteiger partial charge in [-0.05, 0) is 37.9 Å². The minimum atomic E-state index is -0.743. The van der Waals surface area contributed by atoms with Crippen LogP contribution < -0.4 is 5.73 Å². The summed E-state index contributed by atoms with van der Waals surface area (Å²) in [5.41, 5.74) is 7.34. The molecule has 0 amide bonds. The van der Waals surface area contributed by atoms with Crippen LogP contribution in [0.15, 0.2) is 18.3 Å². The van der Waals surface area contributed by atoms with Gasteiger partial charge in [0.05, 0.1) is 5.92 Å². The molecule has 0 aliphatic carbocycles. The van der Waals surface area contributed by atoms with Crippen LogP contribution >= 0.6 is 0 Å². The van der Waals surface area contributed by atoms with E-state index in [-0.39, 0.29) is 5.92 Å². The third-order valence-electron chi connectivity index (χ3n) is 2.91. The molecule has 1 rings (SSSR count). The van der Waals surface area contributed by atoms with Gasteiger partial charge in [0.15, 0.2) is 0 Å².